The molecule has 0 unspecified atom stereocenters. The zero-order valence-electron chi connectivity index (χ0n) is 18.1. The molecule has 1 aromatic carbocycles. The Morgan fingerprint density at radius 1 is 1.24 bits per heavy atom. The van der Waals surface area contributed by atoms with E-state index < -0.39 is 6.09 Å². The van der Waals surface area contributed by atoms with E-state index in [4.69, 9.17) is 16.3 Å². The summed E-state index contributed by atoms with van der Waals surface area (Å²) < 4.78 is 5.21. The quantitative estimate of drug-likeness (QED) is 0.415. The average molecular weight is 502 g/mol. The molecule has 1 aliphatic heterocycles. The lowest BCUT2D eigenvalue weighted by molar-refractivity contribution is -0.133. The van der Waals surface area contributed by atoms with Crippen LogP contribution in [0.15, 0.2) is 35.8 Å². The van der Waals surface area contributed by atoms with Gasteiger partial charge >= 0.3 is 6.09 Å². The maximum absolute atomic E-state index is 12.2. The molecule has 0 atom stereocenters. The van der Waals surface area contributed by atoms with E-state index in [0.717, 1.165) is 5.56 Å². The number of carbonyl (C=O) groups is 3. The van der Waals surface area contributed by atoms with Crippen LogP contribution in [0.4, 0.5) is 33.6 Å². The van der Waals surface area contributed by atoms with Crippen LogP contribution in [-0.4, -0.2) is 46.4 Å². The molecule has 3 amide bonds. The topological polar surface area (TPSA) is 138 Å². The number of hydrogen-bond acceptors (Lipinski definition) is 9. The molecule has 0 aliphatic carbocycles. The monoisotopic (exact) mass is 501 g/mol. The molecule has 0 fully saturated rings. The second-order valence-electron chi connectivity index (χ2n) is 7.20. The van der Waals surface area contributed by atoms with E-state index in [1.54, 1.807) is 23.6 Å². The van der Waals surface area contributed by atoms with Gasteiger partial charge in [0.15, 0.2) is 5.82 Å². The minimum atomic E-state index is -0.594. The molecule has 0 spiro atoms. The molecule has 3 aromatic rings. The Bertz CT molecular complexity index is 1270. The molecule has 4 N–H and O–H groups in total. The van der Waals surface area contributed by atoms with Crippen LogP contribution < -0.4 is 26.0 Å². The van der Waals surface area contributed by atoms with E-state index in [1.807, 2.05) is 6.07 Å². The highest BCUT2D eigenvalue weighted by Crippen LogP contribution is 2.35. The van der Waals surface area contributed by atoms with Crippen molar-refractivity contribution in [1.29, 1.82) is 0 Å². The summed E-state index contributed by atoms with van der Waals surface area (Å²) in [7, 11) is 1.47. The number of carbonyl (C=O) groups excluding carboxylic acids is 3. The third kappa shape index (κ3) is 5.35. The molecular weight excluding hydrogens is 482 g/mol. The number of nitrogens with one attached hydrogen (secondary N) is 4. The van der Waals surface area contributed by atoms with Gasteiger partial charge in [-0.1, -0.05) is 17.7 Å². The van der Waals surface area contributed by atoms with Crippen LogP contribution in [0, 0.1) is 0 Å². The van der Waals surface area contributed by atoms with Crippen LogP contribution in [-0.2, 0) is 16.1 Å². The van der Waals surface area contributed by atoms with Crippen molar-refractivity contribution >= 4 is 69.7 Å². The van der Waals surface area contributed by atoms with Gasteiger partial charge < -0.3 is 30.9 Å². The van der Waals surface area contributed by atoms with Gasteiger partial charge in [0.2, 0.25) is 22.8 Å². The molecule has 11 nitrogen and oxygen atoms in total. The highest BCUT2D eigenvalue weighted by atomic mass is 35.5. The summed E-state index contributed by atoms with van der Waals surface area (Å²) in [5.74, 6) is 0.112. The molecule has 0 radical (unpaired) electrons. The van der Waals surface area contributed by atoms with Gasteiger partial charge in [-0.25, -0.2) is 9.78 Å². The summed E-state index contributed by atoms with van der Waals surface area (Å²) in [6.07, 6.45) is 0.837. The van der Waals surface area contributed by atoms with E-state index in [9.17, 15) is 14.4 Å². The lowest BCUT2D eigenvalue weighted by atomic mass is 10.1. The fourth-order valence-electron chi connectivity index (χ4n) is 3.13. The maximum Gasteiger partial charge on any atom is 0.413 e. The SMILES string of the molecule is CNC(=O)Oc1sccc1Nc1nc(Nc2ccc3c(c2)NC(=O)CN(C(C)=O)C3)ncc1Cl. The minimum absolute atomic E-state index is 0.00367. The van der Waals surface area contributed by atoms with E-state index in [1.165, 1.54) is 36.4 Å². The summed E-state index contributed by atoms with van der Waals surface area (Å²) in [6.45, 7) is 1.76. The van der Waals surface area contributed by atoms with Gasteiger partial charge in [0.1, 0.15) is 11.6 Å². The number of anilines is 5. The summed E-state index contributed by atoms with van der Waals surface area (Å²) in [4.78, 5) is 45.5. The highest BCUT2D eigenvalue weighted by Gasteiger charge is 2.21. The molecule has 176 valence electrons. The Morgan fingerprint density at radius 2 is 2.06 bits per heavy atom. The van der Waals surface area contributed by atoms with Crippen molar-refractivity contribution in [2.75, 3.05) is 29.5 Å². The first-order valence-electron chi connectivity index (χ1n) is 10.0. The molecule has 0 bridgehead atoms. The second kappa shape index (κ2) is 9.93. The first kappa shape index (κ1) is 23.3. The molecule has 13 heteroatoms. The van der Waals surface area contributed by atoms with Gasteiger partial charge in [0.05, 0.1) is 11.9 Å². The Morgan fingerprint density at radius 3 is 2.82 bits per heavy atom. The number of nitrogens with zero attached hydrogens (tertiary/aromatic N) is 3. The zero-order chi connectivity index (χ0) is 24.2. The number of halogens is 1. The third-order valence-electron chi connectivity index (χ3n) is 4.80. The summed E-state index contributed by atoms with van der Waals surface area (Å²) in [6, 6.07) is 7.10. The number of fused-ring (bicyclic) bond motifs is 1. The largest absolute Gasteiger partial charge is 0.413 e. The lowest BCUT2D eigenvalue weighted by Gasteiger charge is -2.17. The van der Waals surface area contributed by atoms with Crippen LogP contribution in [0.1, 0.15) is 12.5 Å². The summed E-state index contributed by atoms with van der Waals surface area (Å²) in [5.41, 5.74) is 2.55. The Labute approximate surface area is 203 Å². The summed E-state index contributed by atoms with van der Waals surface area (Å²) >= 11 is 7.49. The standard InChI is InChI=1S/C21H20ClN7O4S/c1-11(30)29-9-12-3-4-13(7-16(12)26-17(31)10-29)25-20-24-8-14(22)18(28-20)27-15-5-6-34-19(15)33-21(32)23-2/h3-8H,9-10H2,1-2H3,(H,23,32)(H,26,31)(H2,24,25,27,28). The first-order valence-corrected chi connectivity index (χ1v) is 11.3. The minimum Gasteiger partial charge on any atom is -0.397 e. The van der Waals surface area contributed by atoms with Crippen LogP contribution in [0.25, 0.3) is 0 Å². The molecular formula is C21H20ClN7O4S. The molecule has 34 heavy (non-hydrogen) atoms. The van der Waals surface area contributed by atoms with Crippen molar-refractivity contribution in [2.24, 2.45) is 0 Å². The summed E-state index contributed by atoms with van der Waals surface area (Å²) in [5, 5.41) is 13.7. The first-order chi connectivity index (χ1) is 16.3. The number of rotatable bonds is 5. The van der Waals surface area contributed by atoms with E-state index >= 15 is 0 Å². The van der Waals surface area contributed by atoms with Gasteiger partial charge in [-0.2, -0.15) is 4.98 Å². The Balaban J connectivity index is 1.53. The number of ether oxygens (including phenoxy) is 1. The predicted octanol–water partition coefficient (Wildman–Crippen LogP) is 3.70. The molecule has 0 saturated carbocycles. The van der Waals surface area contributed by atoms with Crippen LogP contribution >= 0.6 is 22.9 Å². The number of thiophene rings is 1. The van der Waals surface area contributed by atoms with Crippen molar-refractivity contribution in [2.45, 2.75) is 13.5 Å². The van der Waals surface area contributed by atoms with E-state index in [2.05, 4.69) is 31.2 Å². The molecule has 2 aromatic heterocycles. The predicted molar refractivity (Wildman–Crippen MR) is 129 cm³/mol. The van der Waals surface area contributed by atoms with Crippen molar-refractivity contribution in [3.63, 3.8) is 0 Å². The van der Waals surface area contributed by atoms with Crippen molar-refractivity contribution in [1.82, 2.24) is 20.2 Å². The average Bonchev–Trinajstić information content (AvgIpc) is 3.14. The Hall–Kier alpha value is -3.90. The lowest BCUT2D eigenvalue weighted by Crippen LogP contribution is -2.33. The fourth-order valence-corrected chi connectivity index (χ4v) is 3.97. The number of aromatic nitrogens is 2. The maximum atomic E-state index is 12.2. The van der Waals surface area contributed by atoms with Crippen molar-refractivity contribution < 1.29 is 19.1 Å². The van der Waals surface area contributed by atoms with Crippen LogP contribution in [0.2, 0.25) is 5.02 Å². The number of benzene rings is 1. The molecule has 4 rings (SSSR count). The smallest absolute Gasteiger partial charge is 0.397 e. The van der Waals surface area contributed by atoms with Gasteiger partial charge in [-0.05, 0) is 29.1 Å². The highest BCUT2D eigenvalue weighted by molar-refractivity contribution is 7.12. The number of hydrogen-bond donors (Lipinski definition) is 4. The van der Waals surface area contributed by atoms with Gasteiger partial charge in [-0.3, -0.25) is 9.59 Å². The van der Waals surface area contributed by atoms with Crippen LogP contribution in [0.3, 0.4) is 0 Å². The van der Waals surface area contributed by atoms with Crippen LogP contribution in [0.5, 0.6) is 5.06 Å². The second-order valence-corrected chi connectivity index (χ2v) is 8.48. The molecule has 3 heterocycles. The van der Waals surface area contributed by atoms with Crippen molar-refractivity contribution in [3.05, 3.63) is 46.4 Å². The molecule has 0 saturated heterocycles. The fraction of sp³-hybridized carbons (Fsp3) is 0.190. The zero-order valence-corrected chi connectivity index (χ0v) is 19.7. The normalized spacial score (nSPS) is 12.8. The third-order valence-corrected chi connectivity index (χ3v) is 5.86. The van der Waals surface area contributed by atoms with Crippen molar-refractivity contribution in [3.8, 4) is 5.06 Å². The van der Waals surface area contributed by atoms with Gasteiger partial charge in [-0.15, -0.1) is 11.3 Å². The number of amides is 3. The van der Waals surface area contributed by atoms with E-state index in [0.29, 0.717) is 34.5 Å². The Kier molecular flexibility index (Phi) is 6.80. The van der Waals surface area contributed by atoms with Gasteiger partial charge in [0, 0.05) is 31.9 Å². The van der Waals surface area contributed by atoms with Gasteiger partial charge in [0.25, 0.3) is 0 Å². The molecule has 1 aliphatic rings. The van der Waals surface area contributed by atoms with E-state index in [-0.39, 0.29) is 29.3 Å².